The van der Waals surface area contributed by atoms with Crippen LogP contribution in [0.5, 0.6) is 0 Å². The molecule has 0 atom stereocenters. The number of carbonyl (C=O) groups is 1. The minimum Gasteiger partial charge on any atom is -0.324 e. The van der Waals surface area contributed by atoms with E-state index in [4.69, 9.17) is 4.99 Å². The van der Waals surface area contributed by atoms with Crippen molar-refractivity contribution in [3.63, 3.8) is 0 Å². The van der Waals surface area contributed by atoms with Gasteiger partial charge in [0, 0.05) is 30.3 Å². The summed E-state index contributed by atoms with van der Waals surface area (Å²) in [6.45, 7) is 0. The highest BCUT2D eigenvalue weighted by Gasteiger charge is 2.16. The zero-order valence-electron chi connectivity index (χ0n) is 14.7. The number of carbonyl (C=O) groups excluding carboxylic acids is 1. The number of amides is 1. The summed E-state index contributed by atoms with van der Waals surface area (Å²) in [6, 6.07) is 3.39. The SMILES string of the molecule is Cl.Cn1c(CC(=O)Nc2cc([N+](=O)[O-])ccc2F)csc1=NC1CCCC1. The lowest BCUT2D eigenvalue weighted by Gasteiger charge is -2.07. The minimum atomic E-state index is -0.712. The predicted molar refractivity (Wildman–Crippen MR) is 104 cm³/mol. The van der Waals surface area contributed by atoms with Gasteiger partial charge in [-0.3, -0.25) is 19.9 Å². The van der Waals surface area contributed by atoms with Crippen molar-refractivity contribution in [2.45, 2.75) is 38.1 Å². The molecule has 1 aromatic heterocycles. The van der Waals surface area contributed by atoms with E-state index in [1.165, 1.54) is 24.2 Å². The van der Waals surface area contributed by atoms with E-state index >= 15 is 0 Å². The first kappa shape index (κ1) is 21.0. The Kier molecular flexibility index (Phi) is 7.09. The van der Waals surface area contributed by atoms with E-state index in [2.05, 4.69) is 5.32 Å². The third kappa shape index (κ3) is 5.14. The summed E-state index contributed by atoms with van der Waals surface area (Å²) in [5.41, 5.74) is 0.286. The first-order valence-corrected chi connectivity index (χ1v) is 9.23. The topological polar surface area (TPSA) is 89.5 Å². The first-order chi connectivity index (χ1) is 12.4. The molecular weight excluding hydrogens is 395 g/mol. The van der Waals surface area contributed by atoms with Crippen LogP contribution in [0.15, 0.2) is 28.6 Å². The summed E-state index contributed by atoms with van der Waals surface area (Å²) in [4.78, 5) is 28.0. The maximum atomic E-state index is 13.8. The fraction of sp³-hybridized carbons (Fsp3) is 0.412. The van der Waals surface area contributed by atoms with Crippen LogP contribution in [0.4, 0.5) is 15.8 Å². The minimum absolute atomic E-state index is 0. The third-order valence-electron chi connectivity index (χ3n) is 4.41. The van der Waals surface area contributed by atoms with E-state index in [1.807, 2.05) is 17.0 Å². The van der Waals surface area contributed by atoms with Crippen LogP contribution in [-0.2, 0) is 18.3 Å². The summed E-state index contributed by atoms with van der Waals surface area (Å²) in [5, 5.41) is 15.1. The Morgan fingerprint density at radius 2 is 2.15 bits per heavy atom. The summed E-state index contributed by atoms with van der Waals surface area (Å²) >= 11 is 1.47. The van der Waals surface area contributed by atoms with Crippen molar-refractivity contribution in [3.05, 3.63) is 50.0 Å². The lowest BCUT2D eigenvalue weighted by atomic mass is 10.2. The standard InChI is InChI=1S/C17H19FN4O3S.ClH/c1-21-13(10-26-17(21)19-11-4-2-3-5-11)9-16(23)20-15-8-12(22(24)25)6-7-14(15)18;/h6-8,10-11H,2-5,9H2,1H3,(H,20,23);1H. The molecule has 1 fully saturated rings. The predicted octanol–water partition coefficient (Wildman–Crippen LogP) is 3.58. The van der Waals surface area contributed by atoms with Gasteiger partial charge in [0.05, 0.1) is 23.1 Å². The number of thiazole rings is 1. The maximum absolute atomic E-state index is 13.8. The number of nitro benzene ring substituents is 1. The second-order valence-electron chi connectivity index (χ2n) is 6.28. The molecule has 1 heterocycles. The van der Waals surface area contributed by atoms with Gasteiger partial charge in [-0.05, 0) is 18.9 Å². The highest BCUT2D eigenvalue weighted by atomic mass is 35.5. The van der Waals surface area contributed by atoms with Crippen LogP contribution < -0.4 is 10.1 Å². The van der Waals surface area contributed by atoms with Crippen LogP contribution in [0, 0.1) is 15.9 Å². The van der Waals surface area contributed by atoms with Crippen LogP contribution in [-0.4, -0.2) is 21.4 Å². The Labute approximate surface area is 165 Å². The Hall–Kier alpha value is -2.26. The van der Waals surface area contributed by atoms with Gasteiger partial charge in [-0.15, -0.1) is 23.7 Å². The molecule has 1 saturated carbocycles. The lowest BCUT2D eigenvalue weighted by molar-refractivity contribution is -0.384. The second-order valence-corrected chi connectivity index (χ2v) is 7.12. The molecule has 1 aliphatic rings. The third-order valence-corrected chi connectivity index (χ3v) is 5.39. The average Bonchev–Trinajstić information content (AvgIpc) is 3.22. The molecule has 27 heavy (non-hydrogen) atoms. The number of hydrogen-bond acceptors (Lipinski definition) is 5. The fourth-order valence-electron chi connectivity index (χ4n) is 2.95. The zero-order valence-corrected chi connectivity index (χ0v) is 16.3. The normalized spacial score (nSPS) is 14.8. The molecule has 0 aliphatic heterocycles. The molecule has 0 saturated heterocycles. The van der Waals surface area contributed by atoms with Crippen LogP contribution in [0.2, 0.25) is 0 Å². The Morgan fingerprint density at radius 3 is 2.81 bits per heavy atom. The molecule has 146 valence electrons. The number of rotatable bonds is 5. The number of halogens is 2. The highest BCUT2D eigenvalue weighted by Crippen LogP contribution is 2.22. The number of aromatic nitrogens is 1. The molecule has 10 heteroatoms. The second kappa shape index (κ2) is 9.09. The molecule has 3 rings (SSSR count). The molecular formula is C17H20ClFN4O3S. The smallest absolute Gasteiger partial charge is 0.271 e. The van der Waals surface area contributed by atoms with Crippen molar-refractivity contribution in [2.75, 3.05) is 5.32 Å². The van der Waals surface area contributed by atoms with Gasteiger partial charge in [0.2, 0.25) is 5.91 Å². The van der Waals surface area contributed by atoms with E-state index < -0.39 is 16.6 Å². The van der Waals surface area contributed by atoms with Crippen molar-refractivity contribution in [3.8, 4) is 0 Å². The van der Waals surface area contributed by atoms with Gasteiger partial charge in [0.15, 0.2) is 4.80 Å². The van der Waals surface area contributed by atoms with Crippen molar-refractivity contribution in [2.24, 2.45) is 12.0 Å². The number of anilines is 1. The Bertz CT molecular complexity index is 906. The van der Waals surface area contributed by atoms with Gasteiger partial charge < -0.3 is 9.88 Å². The van der Waals surface area contributed by atoms with Gasteiger partial charge in [-0.25, -0.2) is 4.39 Å². The van der Waals surface area contributed by atoms with E-state index in [9.17, 15) is 19.3 Å². The van der Waals surface area contributed by atoms with Crippen LogP contribution >= 0.6 is 23.7 Å². The lowest BCUT2D eigenvalue weighted by Crippen LogP contribution is -2.21. The van der Waals surface area contributed by atoms with Crippen LogP contribution in [0.1, 0.15) is 31.4 Å². The molecule has 2 aromatic rings. The van der Waals surface area contributed by atoms with Crippen LogP contribution in [0.25, 0.3) is 0 Å². The van der Waals surface area contributed by atoms with E-state index in [-0.39, 0.29) is 30.2 Å². The average molecular weight is 415 g/mol. The quantitative estimate of drug-likeness (QED) is 0.599. The molecule has 1 aromatic carbocycles. The summed E-state index contributed by atoms with van der Waals surface area (Å²) in [6.07, 6.45) is 4.63. The Balaban J connectivity index is 0.00000261. The molecule has 0 unspecified atom stereocenters. The number of benzene rings is 1. The number of non-ortho nitro benzene ring substituents is 1. The monoisotopic (exact) mass is 414 g/mol. The number of nitrogens with one attached hydrogen (secondary N) is 1. The van der Waals surface area contributed by atoms with Crippen molar-refractivity contribution in [1.29, 1.82) is 0 Å². The number of hydrogen-bond donors (Lipinski definition) is 1. The van der Waals surface area contributed by atoms with Gasteiger partial charge >= 0.3 is 0 Å². The molecule has 1 N–H and O–H groups in total. The van der Waals surface area contributed by atoms with E-state index in [0.717, 1.165) is 41.5 Å². The Morgan fingerprint density at radius 1 is 1.44 bits per heavy atom. The zero-order chi connectivity index (χ0) is 18.7. The summed E-state index contributed by atoms with van der Waals surface area (Å²) in [5.74, 6) is -1.15. The molecule has 1 aliphatic carbocycles. The van der Waals surface area contributed by atoms with Gasteiger partial charge in [-0.2, -0.15) is 0 Å². The number of nitrogens with zero attached hydrogens (tertiary/aromatic N) is 3. The molecule has 0 radical (unpaired) electrons. The van der Waals surface area contributed by atoms with Crippen molar-refractivity contribution < 1.29 is 14.1 Å². The van der Waals surface area contributed by atoms with Crippen molar-refractivity contribution >= 4 is 41.0 Å². The fourth-order valence-corrected chi connectivity index (χ4v) is 3.92. The summed E-state index contributed by atoms with van der Waals surface area (Å²) in [7, 11) is 1.85. The van der Waals surface area contributed by atoms with E-state index in [1.54, 1.807) is 0 Å². The maximum Gasteiger partial charge on any atom is 0.271 e. The van der Waals surface area contributed by atoms with E-state index in [0.29, 0.717) is 6.04 Å². The molecule has 1 amide bonds. The number of nitro groups is 1. The summed E-state index contributed by atoms with van der Waals surface area (Å²) < 4.78 is 15.7. The van der Waals surface area contributed by atoms with Gasteiger partial charge in [0.25, 0.3) is 5.69 Å². The van der Waals surface area contributed by atoms with Crippen LogP contribution in [0.3, 0.4) is 0 Å². The first-order valence-electron chi connectivity index (χ1n) is 8.35. The van der Waals surface area contributed by atoms with Gasteiger partial charge in [0.1, 0.15) is 5.82 Å². The molecule has 7 nitrogen and oxygen atoms in total. The molecule has 0 spiro atoms. The van der Waals surface area contributed by atoms with Gasteiger partial charge in [-0.1, -0.05) is 12.8 Å². The largest absolute Gasteiger partial charge is 0.324 e. The highest BCUT2D eigenvalue weighted by molar-refractivity contribution is 7.07. The molecule has 0 bridgehead atoms. The van der Waals surface area contributed by atoms with Crippen molar-refractivity contribution in [1.82, 2.24) is 4.57 Å².